The minimum Gasteiger partial charge on any atom is -0.315 e. The van der Waals surface area contributed by atoms with Crippen LogP contribution in [0.4, 0.5) is 0 Å². The van der Waals surface area contributed by atoms with E-state index in [9.17, 15) is 0 Å². The maximum Gasteiger partial charge on any atom is 0.0703 e. The van der Waals surface area contributed by atoms with Crippen LogP contribution in [0.5, 0.6) is 0 Å². The van der Waals surface area contributed by atoms with E-state index in [1.807, 2.05) is 0 Å². The number of nitrogens with zero attached hydrogens (tertiary/aromatic N) is 1. The molecule has 0 atom stereocenters. The molecule has 1 saturated carbocycles. The van der Waals surface area contributed by atoms with Gasteiger partial charge in [0.05, 0.1) is 11.5 Å². The lowest BCUT2D eigenvalue weighted by molar-refractivity contribution is 0.560. The number of hydrogen-bond acceptors (Lipinski definition) is 2. The van der Waals surface area contributed by atoms with Crippen LogP contribution in [0.2, 0.25) is 0 Å². The third kappa shape index (κ3) is 2.84. The Balaban J connectivity index is 1.71. The Hall–Kier alpha value is -1.33. The highest BCUT2D eigenvalue weighted by Gasteiger charge is 2.42. The van der Waals surface area contributed by atoms with Gasteiger partial charge >= 0.3 is 0 Å². The van der Waals surface area contributed by atoms with Gasteiger partial charge in [-0.15, -0.1) is 0 Å². The first-order chi connectivity index (χ1) is 7.74. The van der Waals surface area contributed by atoms with Gasteiger partial charge < -0.3 is 5.32 Å². The van der Waals surface area contributed by atoms with Gasteiger partial charge in [0.25, 0.3) is 0 Å². The first kappa shape index (κ1) is 11.2. The molecule has 0 bridgehead atoms. The molecule has 0 amide bonds. The predicted molar refractivity (Wildman–Crippen MR) is 65.0 cm³/mol. The third-order valence-electron chi connectivity index (χ3n) is 3.23. The number of benzene rings is 1. The van der Waals surface area contributed by atoms with Gasteiger partial charge in [-0.3, -0.25) is 0 Å². The summed E-state index contributed by atoms with van der Waals surface area (Å²) in [5.74, 6) is 0. The molecule has 0 radical (unpaired) electrons. The van der Waals surface area contributed by atoms with Gasteiger partial charge in [0, 0.05) is 6.54 Å². The van der Waals surface area contributed by atoms with Crippen molar-refractivity contribution in [2.75, 3.05) is 13.1 Å². The van der Waals surface area contributed by atoms with Crippen molar-refractivity contribution in [3.63, 3.8) is 0 Å². The van der Waals surface area contributed by atoms with Gasteiger partial charge in [-0.2, -0.15) is 5.26 Å². The standard InChI is InChI=1S/C14H18N2/c1-12-3-2-4-13(9-12)5-8-16-11-14(10-15)6-7-14/h2-4,9,16H,5-8,11H2,1H3. The summed E-state index contributed by atoms with van der Waals surface area (Å²) in [6, 6.07) is 11.0. The number of hydrogen-bond donors (Lipinski definition) is 1. The van der Waals surface area contributed by atoms with Crippen molar-refractivity contribution in [1.29, 1.82) is 5.26 Å². The van der Waals surface area contributed by atoms with Crippen LogP contribution in [0.1, 0.15) is 24.0 Å². The maximum absolute atomic E-state index is 8.92. The molecule has 16 heavy (non-hydrogen) atoms. The highest BCUT2D eigenvalue weighted by Crippen LogP contribution is 2.43. The first-order valence-corrected chi connectivity index (χ1v) is 5.92. The summed E-state index contributed by atoms with van der Waals surface area (Å²) in [6.45, 7) is 3.94. The lowest BCUT2D eigenvalue weighted by atomic mass is 10.1. The average molecular weight is 214 g/mol. The molecule has 0 aliphatic heterocycles. The second kappa shape index (κ2) is 4.67. The van der Waals surface area contributed by atoms with Crippen molar-refractivity contribution in [3.8, 4) is 6.07 Å². The molecular weight excluding hydrogens is 196 g/mol. The lowest BCUT2D eigenvalue weighted by Gasteiger charge is -2.08. The van der Waals surface area contributed by atoms with Crippen LogP contribution in [0.15, 0.2) is 24.3 Å². The molecular formula is C14H18N2. The molecule has 0 heterocycles. The van der Waals surface area contributed by atoms with Crippen molar-refractivity contribution in [3.05, 3.63) is 35.4 Å². The Labute approximate surface area is 97.3 Å². The number of aryl methyl sites for hydroxylation is 1. The van der Waals surface area contributed by atoms with E-state index in [0.29, 0.717) is 0 Å². The van der Waals surface area contributed by atoms with E-state index in [4.69, 9.17) is 5.26 Å². The van der Waals surface area contributed by atoms with Crippen LogP contribution in [0, 0.1) is 23.7 Å². The van der Waals surface area contributed by atoms with Crippen LogP contribution in [-0.2, 0) is 6.42 Å². The van der Waals surface area contributed by atoms with Gasteiger partial charge in [-0.1, -0.05) is 29.8 Å². The van der Waals surface area contributed by atoms with Gasteiger partial charge in [-0.25, -0.2) is 0 Å². The number of nitrogens with one attached hydrogen (secondary N) is 1. The van der Waals surface area contributed by atoms with Gasteiger partial charge in [0.2, 0.25) is 0 Å². The van der Waals surface area contributed by atoms with Crippen molar-refractivity contribution in [1.82, 2.24) is 5.32 Å². The van der Waals surface area contributed by atoms with Gasteiger partial charge in [0.1, 0.15) is 0 Å². The zero-order chi connectivity index (χ0) is 11.4. The van der Waals surface area contributed by atoms with Gasteiger partial charge in [0.15, 0.2) is 0 Å². The SMILES string of the molecule is Cc1cccc(CCNCC2(C#N)CC2)c1. The Morgan fingerprint density at radius 1 is 1.44 bits per heavy atom. The summed E-state index contributed by atoms with van der Waals surface area (Å²) in [5.41, 5.74) is 2.66. The predicted octanol–water partition coefficient (Wildman–Crippen LogP) is 2.43. The molecule has 1 aliphatic rings. The minimum absolute atomic E-state index is 0.0212. The fourth-order valence-electron chi connectivity index (χ4n) is 1.91. The van der Waals surface area contributed by atoms with E-state index < -0.39 is 0 Å². The first-order valence-electron chi connectivity index (χ1n) is 5.92. The summed E-state index contributed by atoms with van der Waals surface area (Å²) in [5, 5.41) is 12.3. The Morgan fingerprint density at radius 2 is 2.25 bits per heavy atom. The normalized spacial score (nSPS) is 16.8. The van der Waals surface area contributed by atoms with E-state index >= 15 is 0 Å². The fourth-order valence-corrected chi connectivity index (χ4v) is 1.91. The Bertz CT molecular complexity index is 399. The number of rotatable bonds is 5. The highest BCUT2D eigenvalue weighted by atomic mass is 14.9. The summed E-state index contributed by atoms with van der Waals surface area (Å²) in [7, 11) is 0. The van der Waals surface area contributed by atoms with E-state index in [-0.39, 0.29) is 5.41 Å². The molecule has 2 nitrogen and oxygen atoms in total. The average Bonchev–Trinajstić information content (AvgIpc) is 3.05. The molecule has 0 aromatic heterocycles. The molecule has 84 valence electrons. The topological polar surface area (TPSA) is 35.8 Å². The summed E-state index contributed by atoms with van der Waals surface area (Å²) in [4.78, 5) is 0. The molecule has 0 saturated heterocycles. The van der Waals surface area contributed by atoms with Crippen molar-refractivity contribution in [2.45, 2.75) is 26.2 Å². The van der Waals surface area contributed by atoms with Crippen molar-refractivity contribution in [2.24, 2.45) is 5.41 Å². The monoisotopic (exact) mass is 214 g/mol. The lowest BCUT2D eigenvalue weighted by Crippen LogP contribution is -2.25. The molecule has 1 aromatic carbocycles. The van der Waals surface area contributed by atoms with Crippen LogP contribution in [0.3, 0.4) is 0 Å². The molecule has 1 N–H and O–H groups in total. The van der Waals surface area contributed by atoms with Crippen LogP contribution in [0.25, 0.3) is 0 Å². The summed E-state index contributed by atoms with van der Waals surface area (Å²) >= 11 is 0. The molecule has 0 spiro atoms. The van der Waals surface area contributed by atoms with Crippen LogP contribution >= 0.6 is 0 Å². The van der Waals surface area contributed by atoms with Crippen molar-refractivity contribution < 1.29 is 0 Å². The molecule has 1 aromatic rings. The van der Waals surface area contributed by atoms with Gasteiger partial charge in [-0.05, 0) is 38.3 Å². The maximum atomic E-state index is 8.92. The second-order valence-corrected chi connectivity index (χ2v) is 4.81. The number of nitriles is 1. The second-order valence-electron chi connectivity index (χ2n) is 4.81. The van der Waals surface area contributed by atoms with E-state index in [0.717, 1.165) is 32.4 Å². The largest absolute Gasteiger partial charge is 0.315 e. The van der Waals surface area contributed by atoms with Crippen LogP contribution in [-0.4, -0.2) is 13.1 Å². The minimum atomic E-state index is -0.0212. The summed E-state index contributed by atoms with van der Waals surface area (Å²) in [6.07, 6.45) is 3.19. The van der Waals surface area contributed by atoms with E-state index in [1.165, 1.54) is 11.1 Å². The molecule has 0 unspecified atom stereocenters. The van der Waals surface area contributed by atoms with E-state index in [2.05, 4.69) is 42.6 Å². The van der Waals surface area contributed by atoms with Crippen molar-refractivity contribution >= 4 is 0 Å². The smallest absolute Gasteiger partial charge is 0.0703 e. The highest BCUT2D eigenvalue weighted by molar-refractivity contribution is 5.22. The zero-order valence-electron chi connectivity index (χ0n) is 9.79. The summed E-state index contributed by atoms with van der Waals surface area (Å²) < 4.78 is 0. The molecule has 1 aliphatic carbocycles. The zero-order valence-corrected chi connectivity index (χ0v) is 9.79. The Kier molecular flexibility index (Phi) is 3.26. The fraction of sp³-hybridized carbons (Fsp3) is 0.500. The quantitative estimate of drug-likeness (QED) is 0.764. The molecule has 1 fully saturated rings. The van der Waals surface area contributed by atoms with E-state index in [1.54, 1.807) is 0 Å². The third-order valence-corrected chi connectivity index (χ3v) is 3.23. The molecule has 2 rings (SSSR count). The molecule has 2 heteroatoms. The Morgan fingerprint density at radius 3 is 2.88 bits per heavy atom. The van der Waals surface area contributed by atoms with Crippen LogP contribution < -0.4 is 5.32 Å².